The molecule has 0 aromatic heterocycles. The molecule has 4 unspecified atom stereocenters. The molecule has 38 heavy (non-hydrogen) atoms. The van der Waals surface area contributed by atoms with Crippen molar-refractivity contribution >= 4 is 40.8 Å². The number of aliphatic hydroxyl groups is 1. The summed E-state index contributed by atoms with van der Waals surface area (Å²) in [7, 11) is 0. The van der Waals surface area contributed by atoms with Gasteiger partial charge in [0.15, 0.2) is 0 Å². The molecule has 2 N–H and O–H groups in total. The number of rotatable bonds is 6. The van der Waals surface area contributed by atoms with Crippen molar-refractivity contribution in [1.29, 1.82) is 0 Å². The van der Waals surface area contributed by atoms with Crippen molar-refractivity contribution < 1.29 is 23.1 Å². The summed E-state index contributed by atoms with van der Waals surface area (Å²) in [5.41, 5.74) is 6.56. The summed E-state index contributed by atoms with van der Waals surface area (Å²) in [5, 5.41) is 12.2. The minimum atomic E-state index is -3.40. The van der Waals surface area contributed by atoms with Gasteiger partial charge in [-0.2, -0.15) is 0 Å². The highest BCUT2D eigenvalue weighted by atomic mass is 35.5. The Balaban J connectivity index is 1.49. The first-order chi connectivity index (χ1) is 18.0. The molecule has 2 aromatic rings. The van der Waals surface area contributed by atoms with E-state index in [4.69, 9.17) is 11.6 Å². The average Bonchev–Trinajstić information content (AvgIpc) is 3.44. The summed E-state index contributed by atoms with van der Waals surface area (Å²) in [4.78, 5) is 18.8. The first-order valence-corrected chi connectivity index (χ1v) is 12.8. The molecule has 2 aromatic carbocycles. The van der Waals surface area contributed by atoms with E-state index in [9.17, 15) is 23.1 Å². The molecule has 2 aliphatic heterocycles. The van der Waals surface area contributed by atoms with Crippen molar-refractivity contribution in [1.82, 2.24) is 5.43 Å². The topological polar surface area (TPSA) is 68.2 Å². The number of hydrogen-bond acceptors (Lipinski definition) is 5. The number of carbonyl (C=O) groups excluding carboxylic acids is 1. The lowest BCUT2D eigenvalue weighted by atomic mass is 9.79. The smallest absolute Gasteiger partial charge is 0.290 e. The van der Waals surface area contributed by atoms with Crippen LogP contribution in [0.5, 0.6) is 0 Å². The molecule has 5 atom stereocenters. The number of nitrogens with one attached hydrogen (secondary N) is 1. The van der Waals surface area contributed by atoms with Gasteiger partial charge in [0.1, 0.15) is 5.82 Å². The lowest BCUT2D eigenvalue weighted by Gasteiger charge is -2.36. The molecule has 3 aliphatic rings. The van der Waals surface area contributed by atoms with Crippen LogP contribution in [0.3, 0.4) is 0 Å². The number of halogens is 4. The zero-order valence-electron chi connectivity index (χ0n) is 20.9. The van der Waals surface area contributed by atoms with Gasteiger partial charge in [0.2, 0.25) is 12.1 Å². The number of allylic oxidation sites excluding steroid dienone is 3. The van der Waals surface area contributed by atoms with Gasteiger partial charge in [-0.15, -0.1) is 0 Å². The Bertz CT molecular complexity index is 1310. The number of hydrogen-bond donors (Lipinski definition) is 2. The van der Waals surface area contributed by atoms with Crippen molar-refractivity contribution in [3.05, 3.63) is 77.1 Å². The molecule has 0 saturated carbocycles. The lowest BCUT2D eigenvalue weighted by molar-refractivity contribution is -0.117. The SMILES string of the molecule is CC1C=CC(Cl)=CC1[C@@H]1C(/C=N/C(O)C(C)(F)F)CC(=O)N1c1ccc2c(c1)CNN2c1ccc(F)cc1. The summed E-state index contributed by atoms with van der Waals surface area (Å²) < 4.78 is 40.5. The zero-order valence-corrected chi connectivity index (χ0v) is 21.6. The van der Waals surface area contributed by atoms with E-state index in [1.165, 1.54) is 18.3 Å². The summed E-state index contributed by atoms with van der Waals surface area (Å²) >= 11 is 6.34. The Labute approximate surface area is 224 Å². The molecular formula is C28H28ClF3N4O2. The van der Waals surface area contributed by atoms with Crippen LogP contribution in [0.25, 0.3) is 0 Å². The van der Waals surface area contributed by atoms with Crippen molar-refractivity contribution in [2.24, 2.45) is 22.7 Å². The summed E-state index contributed by atoms with van der Waals surface area (Å²) in [5.74, 6) is -4.58. The highest BCUT2D eigenvalue weighted by Crippen LogP contribution is 2.42. The number of amides is 1. The monoisotopic (exact) mass is 544 g/mol. The van der Waals surface area contributed by atoms with Gasteiger partial charge in [0.25, 0.3) is 5.92 Å². The number of aliphatic imine (C=N–C) groups is 1. The second-order valence-electron chi connectivity index (χ2n) is 10.1. The molecule has 1 aliphatic carbocycles. The first-order valence-electron chi connectivity index (χ1n) is 12.4. The molecule has 6 nitrogen and oxygen atoms in total. The van der Waals surface area contributed by atoms with Crippen LogP contribution >= 0.6 is 11.6 Å². The molecule has 1 saturated heterocycles. The van der Waals surface area contributed by atoms with Crippen LogP contribution in [-0.2, 0) is 11.3 Å². The number of aliphatic hydroxyl groups excluding tert-OH is 1. The molecule has 0 spiro atoms. The number of hydrazine groups is 1. The molecule has 10 heteroatoms. The van der Waals surface area contributed by atoms with Crippen LogP contribution in [0.1, 0.15) is 25.8 Å². The molecule has 1 fully saturated rings. The predicted octanol–water partition coefficient (Wildman–Crippen LogP) is 5.69. The van der Waals surface area contributed by atoms with E-state index >= 15 is 0 Å². The Morgan fingerprint density at radius 3 is 2.63 bits per heavy atom. The maximum atomic E-state index is 13.6. The molecule has 0 radical (unpaired) electrons. The van der Waals surface area contributed by atoms with Gasteiger partial charge in [0.05, 0.1) is 17.4 Å². The van der Waals surface area contributed by atoms with Crippen LogP contribution < -0.4 is 15.3 Å². The van der Waals surface area contributed by atoms with E-state index in [-0.39, 0.29) is 30.0 Å². The van der Waals surface area contributed by atoms with Crippen molar-refractivity contribution in [2.75, 3.05) is 9.91 Å². The number of carbonyl (C=O) groups is 1. The first kappa shape index (κ1) is 26.5. The zero-order chi connectivity index (χ0) is 27.2. The van der Waals surface area contributed by atoms with Crippen molar-refractivity contribution in [3.8, 4) is 0 Å². The largest absolute Gasteiger partial charge is 0.367 e. The third kappa shape index (κ3) is 5.10. The van der Waals surface area contributed by atoms with Crippen molar-refractivity contribution in [3.63, 3.8) is 0 Å². The second-order valence-corrected chi connectivity index (χ2v) is 10.5. The van der Waals surface area contributed by atoms with Gasteiger partial charge in [0, 0.05) is 48.7 Å². The van der Waals surface area contributed by atoms with E-state index < -0.39 is 24.1 Å². The van der Waals surface area contributed by atoms with Crippen LogP contribution in [0, 0.1) is 23.6 Å². The van der Waals surface area contributed by atoms with E-state index in [0.717, 1.165) is 16.9 Å². The summed E-state index contributed by atoms with van der Waals surface area (Å²) in [6.07, 6.45) is 4.82. The number of nitrogens with zero attached hydrogens (tertiary/aromatic N) is 3. The van der Waals surface area contributed by atoms with E-state index in [1.54, 1.807) is 23.1 Å². The van der Waals surface area contributed by atoms with E-state index in [1.807, 2.05) is 42.3 Å². The molecule has 1 amide bonds. The van der Waals surface area contributed by atoms with Crippen LogP contribution in [0.4, 0.5) is 30.2 Å². The molecular weight excluding hydrogens is 517 g/mol. The third-order valence-corrected chi connectivity index (χ3v) is 7.55. The highest BCUT2D eigenvalue weighted by molar-refractivity contribution is 6.31. The minimum Gasteiger partial charge on any atom is -0.367 e. The van der Waals surface area contributed by atoms with Gasteiger partial charge in [-0.05, 0) is 60.0 Å². The standard InChI is InChI=1S/C28H28ClF3N4O2/c1-16-3-4-19(29)13-23(16)26-18(14-33-27(38)28(2,31)32)12-25(37)35(26)22-9-10-24-17(11-22)15-34-36(24)21-7-5-20(30)6-8-21/h3-11,13-14,16,18,23,26-27,34,38H,12,15H2,1-2H3/b33-14+/t16?,18?,23?,26-,27?/m0/s1. The van der Waals surface area contributed by atoms with Gasteiger partial charge in [-0.25, -0.2) is 18.6 Å². The fourth-order valence-electron chi connectivity index (χ4n) is 5.34. The maximum Gasteiger partial charge on any atom is 0.290 e. The normalized spacial score (nSPS) is 26.3. The number of alkyl halides is 2. The minimum absolute atomic E-state index is 0.0226. The quantitative estimate of drug-likeness (QED) is 0.458. The van der Waals surface area contributed by atoms with E-state index in [2.05, 4.69) is 10.4 Å². The maximum absolute atomic E-state index is 13.6. The second kappa shape index (κ2) is 10.2. The van der Waals surface area contributed by atoms with Crippen LogP contribution in [0.2, 0.25) is 0 Å². The van der Waals surface area contributed by atoms with Gasteiger partial charge < -0.3 is 10.0 Å². The van der Waals surface area contributed by atoms with Gasteiger partial charge in [-0.3, -0.25) is 14.8 Å². The molecule has 5 rings (SSSR count). The Morgan fingerprint density at radius 2 is 1.92 bits per heavy atom. The fourth-order valence-corrected chi connectivity index (χ4v) is 5.56. The van der Waals surface area contributed by atoms with Gasteiger partial charge >= 0.3 is 0 Å². The summed E-state index contributed by atoms with van der Waals surface area (Å²) in [6.45, 7) is 3.12. The third-order valence-electron chi connectivity index (χ3n) is 7.29. The summed E-state index contributed by atoms with van der Waals surface area (Å²) in [6, 6.07) is 11.4. The van der Waals surface area contributed by atoms with E-state index in [0.29, 0.717) is 24.2 Å². The van der Waals surface area contributed by atoms with Gasteiger partial charge in [-0.1, -0.05) is 30.7 Å². The fraction of sp³-hybridized carbons (Fsp3) is 0.357. The highest BCUT2D eigenvalue weighted by Gasteiger charge is 2.46. The average molecular weight is 545 g/mol. The molecule has 200 valence electrons. The number of fused-ring (bicyclic) bond motifs is 1. The van der Waals surface area contributed by atoms with Crippen LogP contribution in [-0.4, -0.2) is 35.4 Å². The van der Waals surface area contributed by atoms with Crippen LogP contribution in [0.15, 0.2) is 70.7 Å². The number of anilines is 3. The molecule has 2 heterocycles. The predicted molar refractivity (Wildman–Crippen MR) is 142 cm³/mol. The Morgan fingerprint density at radius 1 is 1.21 bits per heavy atom. The molecule has 0 bridgehead atoms. The Kier molecular flexibility index (Phi) is 7.11. The number of benzene rings is 2. The van der Waals surface area contributed by atoms with Crippen molar-refractivity contribution in [2.45, 2.75) is 45.0 Å². The lowest BCUT2D eigenvalue weighted by Crippen LogP contribution is -2.43. The Hall–Kier alpha value is -3.14.